The van der Waals surface area contributed by atoms with E-state index in [1.807, 2.05) is 0 Å². The molecule has 1 unspecified atom stereocenters. The summed E-state index contributed by atoms with van der Waals surface area (Å²) >= 11 is 0. The van der Waals surface area contributed by atoms with E-state index in [9.17, 15) is 0 Å². The van der Waals surface area contributed by atoms with Crippen LogP contribution in [0.5, 0.6) is 0 Å². The van der Waals surface area contributed by atoms with Gasteiger partial charge in [-0.05, 0) is 30.0 Å². The van der Waals surface area contributed by atoms with E-state index in [-0.39, 0.29) is 0 Å². The number of fused-ring (bicyclic) bond motifs is 1. The van der Waals surface area contributed by atoms with Crippen LogP contribution in [0.3, 0.4) is 0 Å². The fraction of sp³-hybridized carbons (Fsp3) is 0.500. The Labute approximate surface area is 107 Å². The minimum Gasteiger partial charge on any atom is -0.0688 e. The molecule has 0 amide bonds. The Bertz CT molecular complexity index is 449. The fourth-order valence-electron chi connectivity index (χ4n) is 3.25. The molecule has 1 aromatic carbocycles. The van der Waals surface area contributed by atoms with E-state index in [0.717, 1.165) is 5.54 Å². The van der Waals surface area contributed by atoms with Crippen LogP contribution in [0.25, 0.3) is 6.08 Å². The van der Waals surface area contributed by atoms with E-state index in [1.54, 1.807) is 22.3 Å². The highest BCUT2D eigenvalue weighted by atomic mass is 28.3. The third kappa shape index (κ3) is 2.26. The maximum Gasteiger partial charge on any atom is 0.0569 e. The fourth-order valence-corrected chi connectivity index (χ4v) is 5.89. The number of allylic oxidation sites excluding steroid dienone is 1. The lowest BCUT2D eigenvalue weighted by atomic mass is 10.00. The number of benzene rings is 1. The average Bonchev–Trinajstić information content (AvgIpc) is 2.55. The van der Waals surface area contributed by atoms with Crippen molar-refractivity contribution in [1.29, 1.82) is 0 Å². The van der Waals surface area contributed by atoms with Crippen molar-refractivity contribution in [1.82, 2.24) is 0 Å². The largest absolute Gasteiger partial charge is 0.0688 e. The molecular weight excluding hydrogens is 220 g/mol. The molecule has 1 atom stereocenters. The highest BCUT2D eigenvalue weighted by molar-refractivity contribution is 6.78. The summed E-state index contributed by atoms with van der Waals surface area (Å²) in [6.45, 7) is 12.0. The van der Waals surface area contributed by atoms with Gasteiger partial charge >= 0.3 is 0 Å². The van der Waals surface area contributed by atoms with Crippen LogP contribution in [0.4, 0.5) is 0 Å². The van der Waals surface area contributed by atoms with Gasteiger partial charge in [-0.2, -0.15) is 0 Å². The topological polar surface area (TPSA) is 0 Å². The summed E-state index contributed by atoms with van der Waals surface area (Å²) in [6.07, 6.45) is 4.90. The molecule has 0 nitrogen and oxygen atoms in total. The van der Waals surface area contributed by atoms with Gasteiger partial charge in [-0.1, -0.05) is 62.8 Å². The average molecular weight is 244 g/mol. The highest BCUT2D eigenvalue weighted by Gasteiger charge is 2.34. The Morgan fingerprint density at radius 2 is 1.88 bits per heavy atom. The zero-order chi connectivity index (χ0) is 12.6. The molecule has 0 aromatic heterocycles. The molecule has 1 aromatic rings. The Kier molecular flexibility index (Phi) is 3.31. The lowest BCUT2D eigenvalue weighted by molar-refractivity contribution is 0.916. The Morgan fingerprint density at radius 1 is 1.18 bits per heavy atom. The zero-order valence-corrected chi connectivity index (χ0v) is 12.8. The summed E-state index contributed by atoms with van der Waals surface area (Å²) in [6, 6.07) is 6.91. The van der Waals surface area contributed by atoms with Crippen molar-refractivity contribution >= 4 is 14.1 Å². The Morgan fingerprint density at radius 3 is 2.47 bits per heavy atom. The number of rotatable bonds is 3. The summed E-state index contributed by atoms with van der Waals surface area (Å²) < 4.78 is 0. The van der Waals surface area contributed by atoms with Gasteiger partial charge in [0, 0.05) is 5.54 Å². The number of aryl methyl sites for hydroxylation is 1. The van der Waals surface area contributed by atoms with Crippen LogP contribution in [0.2, 0.25) is 19.6 Å². The minimum atomic E-state index is -1.15. The van der Waals surface area contributed by atoms with Crippen LogP contribution in [0, 0.1) is 0 Å². The van der Waals surface area contributed by atoms with E-state index in [2.05, 4.69) is 57.8 Å². The van der Waals surface area contributed by atoms with Crippen LogP contribution >= 0.6 is 0 Å². The summed E-state index contributed by atoms with van der Waals surface area (Å²) in [7, 11) is -1.15. The summed E-state index contributed by atoms with van der Waals surface area (Å²) in [5.74, 6) is 0. The molecule has 2 rings (SSSR count). The lowest BCUT2D eigenvalue weighted by Gasteiger charge is -2.28. The van der Waals surface area contributed by atoms with Crippen molar-refractivity contribution in [3.05, 3.63) is 40.5 Å². The predicted octanol–water partition coefficient (Wildman–Crippen LogP) is 5.02. The number of hydrogen-bond donors (Lipinski definition) is 0. The maximum atomic E-state index is 2.48. The molecule has 0 radical (unpaired) electrons. The molecule has 0 fully saturated rings. The molecule has 92 valence electrons. The minimum absolute atomic E-state index is 0.731. The SMILES string of the molecule is CCCc1cccc2c1C=C(C)C2[Si](C)(C)C. The Balaban J connectivity index is 2.51. The first-order valence-corrected chi connectivity index (χ1v) is 10.3. The third-order valence-corrected chi connectivity index (χ3v) is 6.25. The predicted molar refractivity (Wildman–Crippen MR) is 80.2 cm³/mol. The van der Waals surface area contributed by atoms with Crippen molar-refractivity contribution in [2.24, 2.45) is 0 Å². The molecule has 0 N–H and O–H groups in total. The van der Waals surface area contributed by atoms with E-state index in [0.29, 0.717) is 0 Å². The van der Waals surface area contributed by atoms with Crippen LogP contribution < -0.4 is 0 Å². The van der Waals surface area contributed by atoms with Gasteiger partial charge in [-0.25, -0.2) is 0 Å². The first-order chi connectivity index (χ1) is 7.95. The molecule has 0 aliphatic heterocycles. The van der Waals surface area contributed by atoms with Gasteiger partial charge in [-0.3, -0.25) is 0 Å². The first-order valence-electron chi connectivity index (χ1n) is 6.75. The number of hydrogen-bond acceptors (Lipinski definition) is 0. The van der Waals surface area contributed by atoms with Gasteiger partial charge in [0.25, 0.3) is 0 Å². The van der Waals surface area contributed by atoms with Crippen molar-refractivity contribution in [3.63, 3.8) is 0 Å². The molecule has 0 saturated carbocycles. The smallest absolute Gasteiger partial charge is 0.0569 e. The molecule has 1 aliphatic rings. The lowest BCUT2D eigenvalue weighted by Crippen LogP contribution is -2.30. The van der Waals surface area contributed by atoms with Gasteiger partial charge in [-0.15, -0.1) is 0 Å². The summed E-state index contributed by atoms with van der Waals surface area (Å²) in [5, 5.41) is 0. The highest BCUT2D eigenvalue weighted by Crippen LogP contribution is 2.43. The second-order valence-electron chi connectivity index (χ2n) is 6.36. The van der Waals surface area contributed by atoms with Crippen LogP contribution in [0.1, 0.15) is 42.5 Å². The second kappa shape index (κ2) is 4.45. The summed E-state index contributed by atoms with van der Waals surface area (Å²) in [5.41, 5.74) is 7.01. The Hall–Kier alpha value is -0.823. The normalized spacial score (nSPS) is 19.1. The van der Waals surface area contributed by atoms with Crippen molar-refractivity contribution in [2.45, 2.75) is 51.9 Å². The van der Waals surface area contributed by atoms with Crippen LogP contribution in [0.15, 0.2) is 23.8 Å². The van der Waals surface area contributed by atoms with E-state index in [1.165, 1.54) is 12.8 Å². The maximum absolute atomic E-state index is 2.48. The molecule has 0 saturated heterocycles. The van der Waals surface area contributed by atoms with Gasteiger partial charge in [0.15, 0.2) is 0 Å². The molecule has 1 heteroatoms. The molecule has 0 bridgehead atoms. The molecule has 0 spiro atoms. The van der Waals surface area contributed by atoms with E-state index in [4.69, 9.17) is 0 Å². The van der Waals surface area contributed by atoms with Crippen molar-refractivity contribution in [3.8, 4) is 0 Å². The van der Waals surface area contributed by atoms with Gasteiger partial charge in [0.05, 0.1) is 8.07 Å². The molecule has 17 heavy (non-hydrogen) atoms. The van der Waals surface area contributed by atoms with Gasteiger partial charge < -0.3 is 0 Å². The van der Waals surface area contributed by atoms with Crippen LogP contribution in [-0.2, 0) is 6.42 Å². The van der Waals surface area contributed by atoms with Crippen molar-refractivity contribution < 1.29 is 0 Å². The summed E-state index contributed by atoms with van der Waals surface area (Å²) in [4.78, 5) is 0. The molecular formula is C16H24Si. The quantitative estimate of drug-likeness (QED) is 0.655. The van der Waals surface area contributed by atoms with E-state index >= 15 is 0 Å². The van der Waals surface area contributed by atoms with Crippen molar-refractivity contribution in [2.75, 3.05) is 0 Å². The van der Waals surface area contributed by atoms with Gasteiger partial charge in [0.2, 0.25) is 0 Å². The zero-order valence-electron chi connectivity index (χ0n) is 11.8. The third-order valence-electron chi connectivity index (χ3n) is 3.75. The molecule has 0 heterocycles. The van der Waals surface area contributed by atoms with Gasteiger partial charge in [0.1, 0.15) is 0 Å². The van der Waals surface area contributed by atoms with Crippen LogP contribution in [-0.4, -0.2) is 8.07 Å². The molecule has 1 aliphatic carbocycles. The monoisotopic (exact) mass is 244 g/mol. The second-order valence-corrected chi connectivity index (χ2v) is 11.7. The van der Waals surface area contributed by atoms with E-state index < -0.39 is 8.07 Å². The standard InChI is InChI=1S/C16H24Si/c1-6-8-13-9-7-10-14-15(13)11-12(2)16(14)17(3,4)5/h7,9-11,16H,6,8H2,1-5H3. The first kappa shape index (κ1) is 12.6.